The minimum absolute atomic E-state index is 0.1000. The van der Waals surface area contributed by atoms with E-state index in [1.807, 2.05) is 0 Å². The summed E-state index contributed by atoms with van der Waals surface area (Å²) in [5.41, 5.74) is 5.08. The van der Waals surface area contributed by atoms with Crippen molar-refractivity contribution in [2.24, 2.45) is 0 Å². The summed E-state index contributed by atoms with van der Waals surface area (Å²) >= 11 is 0. The molecule has 0 fully saturated rings. The lowest BCUT2D eigenvalue weighted by atomic mass is 9.95. The SMILES string of the molecule is CCOC(=O)c1cc(C(=O)c2ccc(OC)cc2)c(O)c(C#N)c1N. The van der Waals surface area contributed by atoms with Gasteiger partial charge in [0.05, 0.1) is 30.5 Å². The third-order valence-corrected chi connectivity index (χ3v) is 3.54. The van der Waals surface area contributed by atoms with Gasteiger partial charge in [0.25, 0.3) is 0 Å². The monoisotopic (exact) mass is 340 g/mol. The maximum absolute atomic E-state index is 12.7. The molecule has 128 valence electrons. The van der Waals surface area contributed by atoms with Crippen LogP contribution in [0.4, 0.5) is 5.69 Å². The molecule has 0 saturated carbocycles. The van der Waals surface area contributed by atoms with E-state index in [0.29, 0.717) is 5.75 Å². The van der Waals surface area contributed by atoms with E-state index < -0.39 is 17.5 Å². The van der Waals surface area contributed by atoms with Crippen molar-refractivity contribution in [2.75, 3.05) is 19.5 Å². The van der Waals surface area contributed by atoms with E-state index in [4.69, 9.17) is 15.2 Å². The molecule has 7 heteroatoms. The topological polar surface area (TPSA) is 123 Å². The summed E-state index contributed by atoms with van der Waals surface area (Å²) in [6, 6.07) is 9.02. The number of ether oxygens (including phenoxy) is 2. The van der Waals surface area contributed by atoms with Gasteiger partial charge in [0.15, 0.2) is 5.78 Å². The van der Waals surface area contributed by atoms with Gasteiger partial charge in [-0.05, 0) is 37.3 Å². The van der Waals surface area contributed by atoms with Crippen molar-refractivity contribution in [1.29, 1.82) is 5.26 Å². The van der Waals surface area contributed by atoms with Crippen LogP contribution in [0.2, 0.25) is 0 Å². The number of aromatic hydroxyl groups is 1. The number of nitriles is 1. The van der Waals surface area contributed by atoms with Gasteiger partial charge >= 0.3 is 5.97 Å². The molecule has 0 radical (unpaired) electrons. The van der Waals surface area contributed by atoms with E-state index in [1.165, 1.54) is 19.2 Å². The fourth-order valence-corrected chi connectivity index (χ4v) is 2.25. The quantitative estimate of drug-likeness (QED) is 0.486. The fourth-order valence-electron chi connectivity index (χ4n) is 2.25. The highest BCUT2D eigenvalue weighted by Gasteiger charge is 2.24. The number of carbonyl (C=O) groups is 2. The molecule has 0 aliphatic heterocycles. The predicted molar refractivity (Wildman–Crippen MR) is 89.6 cm³/mol. The highest BCUT2D eigenvalue weighted by atomic mass is 16.5. The van der Waals surface area contributed by atoms with Crippen molar-refractivity contribution >= 4 is 17.4 Å². The van der Waals surface area contributed by atoms with Crippen LogP contribution >= 0.6 is 0 Å². The Morgan fingerprint density at radius 1 is 1.24 bits per heavy atom. The number of esters is 1. The lowest BCUT2D eigenvalue weighted by Crippen LogP contribution is -2.12. The van der Waals surface area contributed by atoms with E-state index in [0.717, 1.165) is 6.07 Å². The van der Waals surface area contributed by atoms with Crippen LogP contribution in [-0.2, 0) is 4.74 Å². The van der Waals surface area contributed by atoms with Crippen LogP contribution in [0.3, 0.4) is 0 Å². The number of phenolic OH excluding ortho intramolecular Hbond substituents is 1. The van der Waals surface area contributed by atoms with Crippen molar-refractivity contribution in [2.45, 2.75) is 6.92 Å². The minimum Gasteiger partial charge on any atom is -0.506 e. The number of hydrogen-bond donors (Lipinski definition) is 2. The molecule has 0 atom stereocenters. The first-order valence-electron chi connectivity index (χ1n) is 7.36. The first-order chi connectivity index (χ1) is 11.9. The molecular weight excluding hydrogens is 324 g/mol. The minimum atomic E-state index is -0.778. The summed E-state index contributed by atoms with van der Waals surface area (Å²) in [6.45, 7) is 1.71. The van der Waals surface area contributed by atoms with Gasteiger partial charge in [0, 0.05) is 5.56 Å². The molecule has 0 aliphatic rings. The van der Waals surface area contributed by atoms with Gasteiger partial charge in [-0.2, -0.15) is 5.26 Å². The van der Waals surface area contributed by atoms with Gasteiger partial charge in [-0.25, -0.2) is 4.79 Å². The summed E-state index contributed by atoms with van der Waals surface area (Å²) in [5.74, 6) is -1.36. The standard InChI is InChI=1S/C18H16N2O5/c1-3-25-18(23)12-8-13(17(22)14(9-19)15(12)20)16(21)10-4-6-11(24-2)7-5-10/h4-8,22H,3,20H2,1-2H3. The number of ketones is 1. The van der Waals surface area contributed by atoms with Crippen molar-refractivity contribution in [1.82, 2.24) is 0 Å². The Kier molecular flexibility index (Phi) is 5.25. The van der Waals surface area contributed by atoms with E-state index >= 15 is 0 Å². The highest BCUT2D eigenvalue weighted by Crippen LogP contribution is 2.33. The summed E-state index contributed by atoms with van der Waals surface area (Å²) in [6.07, 6.45) is 0. The zero-order valence-corrected chi connectivity index (χ0v) is 13.7. The summed E-state index contributed by atoms with van der Waals surface area (Å²) < 4.78 is 9.91. The van der Waals surface area contributed by atoms with Crippen LogP contribution in [0.1, 0.15) is 38.8 Å². The maximum atomic E-state index is 12.7. The number of nitrogens with zero attached hydrogens (tertiary/aromatic N) is 1. The van der Waals surface area contributed by atoms with E-state index in [2.05, 4.69) is 0 Å². The van der Waals surface area contributed by atoms with E-state index in [-0.39, 0.29) is 34.5 Å². The number of anilines is 1. The molecule has 0 bridgehead atoms. The summed E-state index contributed by atoms with van der Waals surface area (Å²) in [7, 11) is 1.49. The molecule has 3 N–H and O–H groups in total. The molecule has 2 aromatic carbocycles. The van der Waals surface area contributed by atoms with Gasteiger partial charge in [0.2, 0.25) is 0 Å². The van der Waals surface area contributed by atoms with Crippen molar-refractivity contribution in [3.05, 3.63) is 52.6 Å². The van der Waals surface area contributed by atoms with Crippen molar-refractivity contribution in [3.63, 3.8) is 0 Å². The number of phenols is 1. The van der Waals surface area contributed by atoms with Crippen LogP contribution in [0.5, 0.6) is 11.5 Å². The van der Waals surface area contributed by atoms with Gasteiger partial charge in [-0.15, -0.1) is 0 Å². The molecule has 25 heavy (non-hydrogen) atoms. The fraction of sp³-hybridized carbons (Fsp3) is 0.167. The number of nitrogen functional groups attached to an aromatic ring is 1. The third kappa shape index (κ3) is 3.38. The number of benzene rings is 2. The van der Waals surface area contributed by atoms with Crippen LogP contribution in [0.15, 0.2) is 30.3 Å². The van der Waals surface area contributed by atoms with Gasteiger partial charge < -0.3 is 20.3 Å². The molecule has 2 rings (SSSR count). The summed E-state index contributed by atoms with van der Waals surface area (Å²) in [5, 5.41) is 19.4. The highest BCUT2D eigenvalue weighted by molar-refractivity contribution is 6.13. The largest absolute Gasteiger partial charge is 0.506 e. The first kappa shape index (κ1) is 17.8. The zero-order chi connectivity index (χ0) is 18.6. The van der Waals surface area contributed by atoms with E-state index in [9.17, 15) is 20.0 Å². The van der Waals surface area contributed by atoms with Crippen LogP contribution in [0, 0.1) is 11.3 Å². The molecule has 0 amide bonds. The molecule has 0 aliphatic carbocycles. The Morgan fingerprint density at radius 3 is 2.40 bits per heavy atom. The third-order valence-electron chi connectivity index (χ3n) is 3.54. The average molecular weight is 340 g/mol. The number of methoxy groups -OCH3 is 1. The smallest absolute Gasteiger partial charge is 0.340 e. The lowest BCUT2D eigenvalue weighted by Gasteiger charge is -2.12. The Labute approximate surface area is 144 Å². The van der Waals surface area contributed by atoms with Crippen LogP contribution in [0.25, 0.3) is 0 Å². The Hall–Kier alpha value is -3.53. The second kappa shape index (κ2) is 7.36. The van der Waals surface area contributed by atoms with Gasteiger partial charge in [-0.3, -0.25) is 4.79 Å². The maximum Gasteiger partial charge on any atom is 0.340 e. The van der Waals surface area contributed by atoms with Crippen molar-refractivity contribution in [3.8, 4) is 17.6 Å². The van der Waals surface area contributed by atoms with Crippen molar-refractivity contribution < 1.29 is 24.2 Å². The second-order valence-electron chi connectivity index (χ2n) is 5.00. The molecule has 0 heterocycles. The van der Waals surface area contributed by atoms with E-state index in [1.54, 1.807) is 25.1 Å². The Morgan fingerprint density at radius 2 is 1.88 bits per heavy atom. The molecular formula is C18H16N2O5. The van der Waals surface area contributed by atoms with Crippen LogP contribution in [-0.4, -0.2) is 30.6 Å². The Bertz CT molecular complexity index is 867. The molecule has 2 aromatic rings. The molecule has 0 unspecified atom stereocenters. The van der Waals surface area contributed by atoms with Crippen LogP contribution < -0.4 is 10.5 Å². The zero-order valence-electron chi connectivity index (χ0n) is 13.7. The lowest BCUT2D eigenvalue weighted by molar-refractivity contribution is 0.0527. The Balaban J connectivity index is 2.59. The number of carbonyl (C=O) groups excluding carboxylic acids is 2. The number of nitrogens with two attached hydrogens (primary N) is 1. The molecule has 0 spiro atoms. The normalized spacial score (nSPS) is 9.96. The average Bonchev–Trinajstić information content (AvgIpc) is 2.62. The molecule has 0 saturated heterocycles. The molecule has 0 aromatic heterocycles. The summed E-state index contributed by atoms with van der Waals surface area (Å²) in [4.78, 5) is 24.7. The number of rotatable bonds is 5. The first-order valence-corrected chi connectivity index (χ1v) is 7.36. The van der Waals surface area contributed by atoms with Gasteiger partial charge in [0.1, 0.15) is 23.1 Å². The predicted octanol–water partition coefficient (Wildman–Crippen LogP) is 2.26. The second-order valence-corrected chi connectivity index (χ2v) is 5.00. The van der Waals surface area contributed by atoms with Gasteiger partial charge in [-0.1, -0.05) is 0 Å². The number of hydrogen-bond acceptors (Lipinski definition) is 7. The molecule has 7 nitrogen and oxygen atoms in total.